The number of piperidine rings is 1. The number of carbonyl (C=O) groups is 1. The molecular weight excluding hydrogens is 316 g/mol. The van der Waals surface area contributed by atoms with Crippen LogP contribution in [-0.2, 0) is 19.8 Å². The third-order valence-electron chi connectivity index (χ3n) is 6.85. The van der Waals surface area contributed by atoms with Gasteiger partial charge in [0.1, 0.15) is 5.41 Å². The molecule has 1 spiro atoms. The topological polar surface area (TPSA) is 50.8 Å². The van der Waals surface area contributed by atoms with E-state index < -0.39 is 5.41 Å². The number of anilines is 1. The number of allylic oxidation sites excluding steroid dienone is 1. The van der Waals surface area contributed by atoms with Gasteiger partial charge in [-0.15, -0.1) is 0 Å². The lowest BCUT2D eigenvalue weighted by molar-refractivity contribution is -0.137. The highest BCUT2D eigenvalue weighted by Crippen LogP contribution is 2.55. The second-order valence-corrected chi connectivity index (χ2v) is 7.65. The van der Waals surface area contributed by atoms with Crippen LogP contribution in [0.5, 0.6) is 0 Å². The number of fused-ring (bicyclic) bond motifs is 2. The molecule has 1 aromatic rings. The second-order valence-electron chi connectivity index (χ2n) is 7.65. The molecule has 5 heteroatoms. The first-order valence-electron chi connectivity index (χ1n) is 9.19. The third-order valence-corrected chi connectivity index (χ3v) is 6.85. The van der Waals surface area contributed by atoms with Gasteiger partial charge in [0.15, 0.2) is 0 Å². The predicted molar refractivity (Wildman–Crippen MR) is 94.1 cm³/mol. The molecule has 0 radical (unpaired) electrons. The largest absolute Gasteiger partial charge is 0.376 e. The van der Waals surface area contributed by atoms with Crippen LogP contribution >= 0.6 is 0 Å². The van der Waals surface area contributed by atoms with Gasteiger partial charge < -0.3 is 10.1 Å². The normalized spacial score (nSPS) is 40.6. The molecule has 5 nitrogen and oxygen atoms in total. The number of carbonyl (C=O) groups excluding carboxylic acids is 1. The Kier molecular flexibility index (Phi) is 3.36. The molecule has 3 saturated heterocycles. The molecule has 1 aliphatic carbocycles. The number of rotatable bonds is 1. The number of nitrogens with zero attached hydrogens (tertiary/aromatic N) is 1. The van der Waals surface area contributed by atoms with Gasteiger partial charge in [0.25, 0.3) is 5.91 Å². The van der Waals surface area contributed by atoms with Crippen LogP contribution in [0.2, 0.25) is 0 Å². The maximum atomic E-state index is 13.5. The number of nitrogens with one attached hydrogen (secondary N) is 1. The Bertz CT molecular complexity index is 761. The third kappa shape index (κ3) is 1.86. The lowest BCUT2D eigenvalue weighted by Gasteiger charge is -2.42. The van der Waals surface area contributed by atoms with Crippen molar-refractivity contribution < 1.29 is 14.4 Å². The van der Waals surface area contributed by atoms with Crippen LogP contribution in [0.3, 0.4) is 0 Å². The van der Waals surface area contributed by atoms with Crippen molar-refractivity contribution in [2.75, 3.05) is 25.3 Å². The van der Waals surface area contributed by atoms with Crippen molar-refractivity contribution in [2.24, 2.45) is 11.8 Å². The van der Waals surface area contributed by atoms with Crippen molar-refractivity contribution >= 4 is 11.6 Å². The fraction of sp³-hybridized carbons (Fsp3) is 0.550. The van der Waals surface area contributed by atoms with E-state index in [9.17, 15) is 4.79 Å². The van der Waals surface area contributed by atoms with Crippen LogP contribution in [0.4, 0.5) is 5.69 Å². The molecule has 4 fully saturated rings. The van der Waals surface area contributed by atoms with E-state index in [0.29, 0.717) is 17.9 Å². The van der Waals surface area contributed by atoms with Crippen LogP contribution in [0.25, 0.3) is 0 Å². The number of amides is 1. The van der Waals surface area contributed by atoms with Crippen molar-refractivity contribution in [3.8, 4) is 0 Å². The molecule has 1 N–H and O–H groups in total. The van der Waals surface area contributed by atoms with Gasteiger partial charge in [-0.2, -0.15) is 5.06 Å². The number of hydrogen-bond acceptors (Lipinski definition) is 4. The van der Waals surface area contributed by atoms with Crippen LogP contribution in [0, 0.1) is 11.8 Å². The summed E-state index contributed by atoms with van der Waals surface area (Å²) in [4.78, 5) is 19.0. The van der Waals surface area contributed by atoms with Gasteiger partial charge in [-0.25, -0.2) is 0 Å². The summed E-state index contributed by atoms with van der Waals surface area (Å²) in [5.74, 6) is 0.997. The molecule has 1 amide bonds. The maximum absolute atomic E-state index is 13.5. The highest BCUT2D eigenvalue weighted by atomic mass is 16.7. The van der Waals surface area contributed by atoms with Gasteiger partial charge in [0.05, 0.1) is 25.5 Å². The minimum atomic E-state index is -0.642. The first-order valence-corrected chi connectivity index (χ1v) is 9.19. The Hall–Kier alpha value is -1.69. The summed E-state index contributed by atoms with van der Waals surface area (Å²) in [7, 11) is 1.57. The Labute approximate surface area is 147 Å². The van der Waals surface area contributed by atoms with Gasteiger partial charge >= 0.3 is 0 Å². The quantitative estimate of drug-likeness (QED) is 0.796. The van der Waals surface area contributed by atoms with Crippen molar-refractivity contribution in [3.05, 3.63) is 41.5 Å². The monoisotopic (exact) mass is 340 g/mol. The summed E-state index contributed by atoms with van der Waals surface area (Å²) in [5, 5.41) is 5.16. The second kappa shape index (κ2) is 5.40. The Morgan fingerprint density at radius 2 is 2.24 bits per heavy atom. The fourth-order valence-corrected chi connectivity index (χ4v) is 5.66. The summed E-state index contributed by atoms with van der Waals surface area (Å²) in [6.07, 6.45) is 3.85. The molecule has 132 valence electrons. The molecule has 0 unspecified atom stereocenters. The standard InChI is InChI=1S/C20H24N2O3/c1-3-12-10-21-16-9-20(18-8-13(12)14(16)11-25-18)15-6-4-5-7-17(15)22(24-2)19(20)23/h3-7,13-14,16,18,21H,8-11H2,1-2H3/b12-3+/t13-,14+,16-,18+,20-/m0/s1. The average molecular weight is 340 g/mol. The molecule has 4 bridgehead atoms. The lowest BCUT2D eigenvalue weighted by atomic mass is 9.72. The minimum absolute atomic E-state index is 0.0261. The zero-order valence-electron chi connectivity index (χ0n) is 14.7. The summed E-state index contributed by atoms with van der Waals surface area (Å²) in [5.41, 5.74) is 2.75. The summed E-state index contributed by atoms with van der Waals surface area (Å²) in [6, 6.07) is 8.33. The van der Waals surface area contributed by atoms with E-state index in [0.717, 1.165) is 37.2 Å². The van der Waals surface area contributed by atoms with E-state index in [4.69, 9.17) is 9.57 Å². The molecule has 4 aliphatic heterocycles. The SMILES string of the molecule is C/C=C1\CN[C@H]2C[C@@]3(C(=O)N(OC)c4ccccc43)[C@H]3C[C@@H]1[C@H]2CO3. The number of hydrogen-bond donors (Lipinski definition) is 1. The first kappa shape index (κ1) is 15.6. The van der Waals surface area contributed by atoms with Crippen molar-refractivity contribution in [3.63, 3.8) is 0 Å². The van der Waals surface area contributed by atoms with Gasteiger partial charge in [0, 0.05) is 18.5 Å². The van der Waals surface area contributed by atoms with Crippen molar-refractivity contribution in [1.29, 1.82) is 0 Å². The molecule has 5 aliphatic rings. The van der Waals surface area contributed by atoms with Gasteiger partial charge in [-0.3, -0.25) is 9.63 Å². The smallest absolute Gasteiger partial charge is 0.264 e. The molecule has 4 heterocycles. The molecule has 0 aromatic heterocycles. The fourth-order valence-electron chi connectivity index (χ4n) is 5.66. The average Bonchev–Trinajstić information content (AvgIpc) is 2.74. The molecule has 1 aromatic carbocycles. The van der Waals surface area contributed by atoms with Crippen molar-refractivity contribution in [1.82, 2.24) is 5.32 Å². The summed E-state index contributed by atoms with van der Waals surface area (Å²) in [6.45, 7) is 3.78. The zero-order chi connectivity index (χ0) is 17.2. The molecule has 1 saturated carbocycles. The highest BCUT2D eigenvalue weighted by molar-refractivity contribution is 6.07. The van der Waals surface area contributed by atoms with E-state index in [-0.39, 0.29) is 12.0 Å². The first-order chi connectivity index (χ1) is 12.2. The van der Waals surface area contributed by atoms with Gasteiger partial charge in [0.2, 0.25) is 0 Å². The van der Waals surface area contributed by atoms with E-state index in [1.165, 1.54) is 10.6 Å². The Balaban J connectivity index is 1.68. The highest BCUT2D eigenvalue weighted by Gasteiger charge is 2.63. The van der Waals surface area contributed by atoms with Crippen molar-refractivity contribution in [2.45, 2.75) is 37.3 Å². The lowest BCUT2D eigenvalue weighted by Crippen LogP contribution is -2.50. The zero-order valence-corrected chi connectivity index (χ0v) is 14.7. The molecule has 5 atom stereocenters. The van der Waals surface area contributed by atoms with Crippen LogP contribution in [-0.4, -0.2) is 38.3 Å². The van der Waals surface area contributed by atoms with E-state index in [1.54, 1.807) is 7.11 Å². The van der Waals surface area contributed by atoms with E-state index >= 15 is 0 Å². The number of hydroxylamine groups is 1. The maximum Gasteiger partial charge on any atom is 0.264 e. The predicted octanol–water partition coefficient (Wildman–Crippen LogP) is 2.18. The minimum Gasteiger partial charge on any atom is -0.376 e. The number of para-hydroxylation sites is 1. The molecule has 25 heavy (non-hydrogen) atoms. The summed E-state index contributed by atoms with van der Waals surface area (Å²) >= 11 is 0. The Morgan fingerprint density at radius 3 is 3.04 bits per heavy atom. The van der Waals surface area contributed by atoms with Crippen LogP contribution in [0.1, 0.15) is 25.3 Å². The summed E-state index contributed by atoms with van der Waals surface area (Å²) < 4.78 is 6.32. The molecule has 6 rings (SSSR count). The van der Waals surface area contributed by atoms with E-state index in [2.05, 4.69) is 24.4 Å². The number of ether oxygens (including phenoxy) is 1. The van der Waals surface area contributed by atoms with Crippen LogP contribution in [0.15, 0.2) is 35.9 Å². The van der Waals surface area contributed by atoms with Gasteiger partial charge in [-0.05, 0) is 37.3 Å². The van der Waals surface area contributed by atoms with Crippen LogP contribution < -0.4 is 10.4 Å². The van der Waals surface area contributed by atoms with E-state index in [1.807, 2.05) is 18.2 Å². The Morgan fingerprint density at radius 1 is 1.40 bits per heavy atom. The number of benzene rings is 1. The molecular formula is C20H24N2O3. The van der Waals surface area contributed by atoms with Gasteiger partial charge in [-0.1, -0.05) is 29.8 Å².